The number of aliphatic hydroxyl groups excluding tert-OH is 2. The average molecular weight is 145 g/mol. The van der Waals surface area contributed by atoms with Crippen molar-refractivity contribution in [3.05, 3.63) is 6.10 Å². The molecule has 2 N–H and O–H groups in total. The largest absolute Gasteiger partial charge is 0.393 e. The molecule has 0 aliphatic heterocycles. The second-order valence-corrected chi connectivity index (χ2v) is 2.69. The van der Waals surface area contributed by atoms with Gasteiger partial charge < -0.3 is 10.2 Å². The maximum Gasteiger partial charge on any atom is 0.0902 e. The van der Waals surface area contributed by atoms with E-state index in [-0.39, 0.29) is 6.10 Å². The van der Waals surface area contributed by atoms with Crippen molar-refractivity contribution in [2.75, 3.05) is 0 Å². The summed E-state index contributed by atoms with van der Waals surface area (Å²) >= 11 is 0. The highest BCUT2D eigenvalue weighted by Gasteiger charge is 2.01. The fraction of sp³-hybridized carbons (Fsp3) is 0.875. The monoisotopic (exact) mass is 145 g/mol. The van der Waals surface area contributed by atoms with Gasteiger partial charge in [-0.2, -0.15) is 0 Å². The van der Waals surface area contributed by atoms with Crippen molar-refractivity contribution in [2.24, 2.45) is 0 Å². The Morgan fingerprint density at radius 2 is 2.10 bits per heavy atom. The van der Waals surface area contributed by atoms with Gasteiger partial charge in [0.05, 0.1) is 12.2 Å². The maximum absolute atomic E-state index is 9.08. The van der Waals surface area contributed by atoms with E-state index in [0.29, 0.717) is 6.10 Å². The molecule has 0 bridgehead atoms. The lowest BCUT2D eigenvalue weighted by molar-refractivity contribution is 0.153. The molecule has 0 fully saturated rings. The van der Waals surface area contributed by atoms with Crippen LogP contribution in [-0.2, 0) is 0 Å². The summed E-state index contributed by atoms with van der Waals surface area (Å²) in [4.78, 5) is 0. The predicted molar refractivity (Wildman–Crippen MR) is 41.0 cm³/mol. The second kappa shape index (κ2) is 5.69. The minimum absolute atomic E-state index is 0.181. The van der Waals surface area contributed by atoms with Crippen molar-refractivity contribution < 1.29 is 10.2 Å². The van der Waals surface area contributed by atoms with Gasteiger partial charge in [0.2, 0.25) is 0 Å². The van der Waals surface area contributed by atoms with Crippen LogP contribution in [0.5, 0.6) is 0 Å². The van der Waals surface area contributed by atoms with Crippen LogP contribution in [0.2, 0.25) is 0 Å². The highest BCUT2D eigenvalue weighted by molar-refractivity contribution is 4.67. The standard InChI is InChI=1S/C8H17O2/c1-3-8(10)6-4-5-7(2)9/h8-10H,3-6H2,1-2H3. The fourth-order valence-corrected chi connectivity index (χ4v) is 0.798. The zero-order valence-corrected chi connectivity index (χ0v) is 6.80. The molecule has 0 heterocycles. The molecular formula is C8H17O2. The zero-order valence-electron chi connectivity index (χ0n) is 6.80. The molecule has 1 atom stereocenters. The third kappa shape index (κ3) is 6.05. The van der Waals surface area contributed by atoms with Crippen molar-refractivity contribution in [1.29, 1.82) is 0 Å². The van der Waals surface area contributed by atoms with E-state index >= 15 is 0 Å². The molecule has 0 amide bonds. The van der Waals surface area contributed by atoms with Crippen LogP contribution in [0, 0.1) is 6.10 Å². The molecule has 0 aliphatic rings. The Hall–Kier alpha value is -0.0800. The molecule has 2 nitrogen and oxygen atoms in total. The van der Waals surface area contributed by atoms with Gasteiger partial charge in [0.25, 0.3) is 0 Å². The maximum atomic E-state index is 9.08. The third-order valence-electron chi connectivity index (χ3n) is 1.55. The van der Waals surface area contributed by atoms with Gasteiger partial charge in [-0.05, 0) is 32.6 Å². The lowest BCUT2D eigenvalue weighted by Gasteiger charge is -2.07. The van der Waals surface area contributed by atoms with Gasteiger partial charge in [-0.15, -0.1) is 0 Å². The van der Waals surface area contributed by atoms with Crippen LogP contribution in [0.4, 0.5) is 0 Å². The summed E-state index contributed by atoms with van der Waals surface area (Å²) in [7, 11) is 0. The molecule has 61 valence electrons. The van der Waals surface area contributed by atoms with Crippen LogP contribution in [0.3, 0.4) is 0 Å². The first-order valence-corrected chi connectivity index (χ1v) is 3.86. The fourth-order valence-electron chi connectivity index (χ4n) is 0.798. The minimum Gasteiger partial charge on any atom is -0.393 e. The molecule has 0 aromatic carbocycles. The van der Waals surface area contributed by atoms with Crippen LogP contribution in [-0.4, -0.2) is 16.3 Å². The highest BCUT2D eigenvalue weighted by Crippen LogP contribution is 2.09. The van der Waals surface area contributed by atoms with Crippen LogP contribution in [0.15, 0.2) is 0 Å². The topological polar surface area (TPSA) is 40.5 Å². The Morgan fingerprint density at radius 3 is 2.50 bits per heavy atom. The summed E-state index contributed by atoms with van der Waals surface area (Å²) < 4.78 is 0. The van der Waals surface area contributed by atoms with Crippen LogP contribution in [0.1, 0.15) is 39.5 Å². The van der Waals surface area contributed by atoms with Crippen LogP contribution >= 0.6 is 0 Å². The van der Waals surface area contributed by atoms with Gasteiger partial charge in [-0.25, -0.2) is 0 Å². The summed E-state index contributed by atoms with van der Waals surface area (Å²) in [6, 6.07) is 0. The summed E-state index contributed by atoms with van der Waals surface area (Å²) in [5.74, 6) is 0. The molecule has 0 saturated heterocycles. The predicted octanol–water partition coefficient (Wildman–Crippen LogP) is 1.85. The summed E-state index contributed by atoms with van der Waals surface area (Å²) in [6.07, 6.45) is 3.50. The van der Waals surface area contributed by atoms with Crippen LogP contribution in [0.25, 0.3) is 0 Å². The quantitative estimate of drug-likeness (QED) is 0.619. The second-order valence-electron chi connectivity index (χ2n) is 2.69. The van der Waals surface area contributed by atoms with E-state index in [9.17, 15) is 0 Å². The molecule has 1 radical (unpaired) electrons. The Kier molecular flexibility index (Phi) is 5.64. The molecule has 1 unspecified atom stereocenters. The Balaban J connectivity index is 3.03. The van der Waals surface area contributed by atoms with Gasteiger partial charge in [-0.3, -0.25) is 0 Å². The summed E-state index contributed by atoms with van der Waals surface area (Å²) in [5, 5.41) is 17.9. The number of hydrogen-bond donors (Lipinski definition) is 2. The van der Waals surface area contributed by atoms with E-state index in [1.165, 1.54) is 0 Å². The first-order chi connectivity index (χ1) is 4.66. The average Bonchev–Trinajstić information content (AvgIpc) is 1.87. The molecule has 0 aromatic rings. The Morgan fingerprint density at radius 1 is 1.50 bits per heavy atom. The minimum atomic E-state index is -0.181. The zero-order chi connectivity index (χ0) is 7.98. The first-order valence-electron chi connectivity index (χ1n) is 3.86. The van der Waals surface area contributed by atoms with Gasteiger partial charge in [0, 0.05) is 0 Å². The van der Waals surface area contributed by atoms with Crippen LogP contribution < -0.4 is 0 Å². The molecule has 0 spiro atoms. The van der Waals surface area contributed by atoms with Gasteiger partial charge >= 0.3 is 0 Å². The van der Waals surface area contributed by atoms with Gasteiger partial charge in [0.1, 0.15) is 0 Å². The number of rotatable bonds is 5. The van der Waals surface area contributed by atoms with E-state index in [1.807, 2.05) is 6.92 Å². The van der Waals surface area contributed by atoms with Gasteiger partial charge in [0.15, 0.2) is 0 Å². The lowest BCUT2D eigenvalue weighted by Crippen LogP contribution is -2.04. The molecule has 10 heavy (non-hydrogen) atoms. The van der Waals surface area contributed by atoms with E-state index < -0.39 is 0 Å². The lowest BCUT2D eigenvalue weighted by atomic mass is 10.1. The highest BCUT2D eigenvalue weighted by atomic mass is 16.3. The normalized spacial score (nSPS) is 14.1. The van der Waals surface area contributed by atoms with E-state index in [4.69, 9.17) is 10.2 Å². The first kappa shape index (κ1) is 9.92. The molecule has 0 saturated carbocycles. The van der Waals surface area contributed by atoms with Crippen molar-refractivity contribution in [2.45, 2.75) is 45.6 Å². The third-order valence-corrected chi connectivity index (χ3v) is 1.55. The molecule has 0 rings (SSSR count). The van der Waals surface area contributed by atoms with Gasteiger partial charge in [-0.1, -0.05) is 6.92 Å². The van der Waals surface area contributed by atoms with Crippen molar-refractivity contribution in [3.8, 4) is 0 Å². The molecular weight excluding hydrogens is 128 g/mol. The number of hydrogen-bond acceptors (Lipinski definition) is 2. The molecule has 0 aromatic heterocycles. The van der Waals surface area contributed by atoms with E-state index in [2.05, 4.69) is 0 Å². The molecule has 2 heteroatoms. The SMILES string of the molecule is CCC(O)CCC[C](C)O. The Labute approximate surface area is 62.9 Å². The summed E-state index contributed by atoms with van der Waals surface area (Å²) in [5.41, 5.74) is 0. The Bertz CT molecular complexity index is 71.7. The number of aliphatic hydroxyl groups is 2. The van der Waals surface area contributed by atoms with Crippen molar-refractivity contribution in [1.82, 2.24) is 0 Å². The van der Waals surface area contributed by atoms with Crippen molar-refractivity contribution in [3.63, 3.8) is 0 Å². The molecule has 0 aliphatic carbocycles. The van der Waals surface area contributed by atoms with Crippen molar-refractivity contribution >= 4 is 0 Å². The van der Waals surface area contributed by atoms with E-state index in [1.54, 1.807) is 6.92 Å². The van der Waals surface area contributed by atoms with E-state index in [0.717, 1.165) is 25.7 Å². The smallest absolute Gasteiger partial charge is 0.0902 e. The summed E-state index contributed by atoms with van der Waals surface area (Å²) in [6.45, 7) is 3.65.